The van der Waals surface area contributed by atoms with Crippen LogP contribution in [0.5, 0.6) is 0 Å². The van der Waals surface area contributed by atoms with Gasteiger partial charge in [-0.05, 0) is 29.3 Å². The van der Waals surface area contributed by atoms with Gasteiger partial charge in [-0.3, -0.25) is 35.2 Å². The van der Waals surface area contributed by atoms with Crippen LogP contribution in [0.2, 0.25) is 0 Å². The van der Waals surface area contributed by atoms with Crippen LogP contribution in [0, 0.1) is 20.2 Å². The Morgan fingerprint density at radius 1 is 0.833 bits per heavy atom. The molecule has 2 heterocycles. The van der Waals surface area contributed by atoms with Gasteiger partial charge in [0.2, 0.25) is 0 Å². The summed E-state index contributed by atoms with van der Waals surface area (Å²) in [4.78, 5) is 49.0. The van der Waals surface area contributed by atoms with Crippen molar-refractivity contribution < 1.29 is 19.4 Å². The van der Waals surface area contributed by atoms with E-state index < -0.39 is 27.0 Å². The summed E-state index contributed by atoms with van der Waals surface area (Å²) in [6.07, 6.45) is 1.50. The Morgan fingerprint density at radius 3 is 2.07 bits per heavy atom. The fourth-order valence-corrected chi connectivity index (χ4v) is 6.21. The second-order valence-corrected chi connectivity index (χ2v) is 10.6. The standard InChI is InChI=1S/C30H21N5O6S/c36-28(18-32-25-13-3-1-11-23(25)24-12-2-4-14-26(24)32)31-33-29(37)27(16-19-7-5-9-21(15-19)34(38)39)42-30(33)20-8-6-10-22(17-20)35(40)41/h1-17,30H,18H2,(H,31,36)/b27-16-. The number of fused-ring (bicyclic) bond motifs is 3. The number of amides is 2. The van der Waals surface area contributed by atoms with Gasteiger partial charge in [0.1, 0.15) is 11.9 Å². The third kappa shape index (κ3) is 4.95. The average molecular weight is 580 g/mol. The molecule has 11 nitrogen and oxygen atoms in total. The lowest BCUT2D eigenvalue weighted by atomic mass is 10.2. The van der Waals surface area contributed by atoms with Crippen LogP contribution in [0.4, 0.5) is 11.4 Å². The molecule has 1 atom stereocenters. The number of rotatable bonds is 7. The maximum atomic E-state index is 13.6. The first-order chi connectivity index (χ1) is 20.3. The van der Waals surface area contributed by atoms with Crippen molar-refractivity contribution in [3.63, 3.8) is 0 Å². The minimum atomic E-state index is -0.815. The molecule has 0 spiro atoms. The van der Waals surface area contributed by atoms with Gasteiger partial charge in [0.15, 0.2) is 0 Å². The number of nitrogens with zero attached hydrogens (tertiary/aromatic N) is 4. The van der Waals surface area contributed by atoms with Crippen molar-refractivity contribution in [2.24, 2.45) is 0 Å². The number of hydrogen-bond acceptors (Lipinski definition) is 7. The van der Waals surface area contributed by atoms with Crippen molar-refractivity contribution in [3.8, 4) is 0 Å². The van der Waals surface area contributed by atoms with Gasteiger partial charge < -0.3 is 4.57 Å². The Kier molecular flexibility index (Phi) is 6.88. The fourth-order valence-electron chi connectivity index (χ4n) is 5.03. The minimum Gasteiger partial charge on any atom is -0.331 e. The molecule has 6 rings (SSSR count). The smallest absolute Gasteiger partial charge is 0.280 e. The summed E-state index contributed by atoms with van der Waals surface area (Å²) < 4.78 is 1.87. The topological polar surface area (TPSA) is 141 Å². The van der Waals surface area contributed by atoms with Crippen molar-refractivity contribution in [1.82, 2.24) is 15.0 Å². The van der Waals surface area contributed by atoms with Crippen molar-refractivity contribution in [1.29, 1.82) is 0 Å². The second kappa shape index (κ2) is 10.8. The number of non-ortho nitro benzene ring substituents is 2. The highest BCUT2D eigenvalue weighted by atomic mass is 32.2. The lowest BCUT2D eigenvalue weighted by Gasteiger charge is -2.24. The normalized spacial score (nSPS) is 15.9. The van der Waals surface area contributed by atoms with E-state index in [2.05, 4.69) is 5.43 Å². The first-order valence-corrected chi connectivity index (χ1v) is 13.6. The van der Waals surface area contributed by atoms with E-state index in [-0.39, 0.29) is 22.8 Å². The van der Waals surface area contributed by atoms with E-state index in [1.165, 1.54) is 42.5 Å². The molecule has 12 heteroatoms. The molecule has 0 aliphatic carbocycles. The molecule has 0 radical (unpaired) electrons. The molecular weight excluding hydrogens is 558 g/mol. The zero-order chi connectivity index (χ0) is 29.4. The van der Waals surface area contributed by atoms with Gasteiger partial charge in [-0.2, -0.15) is 0 Å². The van der Waals surface area contributed by atoms with Gasteiger partial charge in [0.05, 0.1) is 14.8 Å². The number of aromatic nitrogens is 1. The van der Waals surface area contributed by atoms with Crippen LogP contribution < -0.4 is 5.43 Å². The Hall–Kier alpha value is -5.49. The quantitative estimate of drug-likeness (QED) is 0.143. The molecule has 4 aromatic carbocycles. The van der Waals surface area contributed by atoms with Crippen LogP contribution in [-0.2, 0) is 16.1 Å². The second-order valence-electron chi connectivity index (χ2n) is 9.51. The number of carbonyl (C=O) groups excluding carboxylic acids is 2. The maximum Gasteiger partial charge on any atom is 0.280 e. The van der Waals surface area contributed by atoms with E-state index in [0.717, 1.165) is 38.6 Å². The zero-order valence-electron chi connectivity index (χ0n) is 21.7. The third-order valence-electron chi connectivity index (χ3n) is 6.87. The van der Waals surface area contributed by atoms with E-state index in [4.69, 9.17) is 0 Å². The lowest BCUT2D eigenvalue weighted by Crippen LogP contribution is -2.45. The molecule has 42 heavy (non-hydrogen) atoms. The highest BCUT2D eigenvalue weighted by Gasteiger charge is 2.39. The van der Waals surface area contributed by atoms with E-state index in [0.29, 0.717) is 11.1 Å². The van der Waals surface area contributed by atoms with Gasteiger partial charge in [-0.1, -0.05) is 72.4 Å². The maximum absolute atomic E-state index is 13.6. The molecule has 0 bridgehead atoms. The van der Waals surface area contributed by atoms with Gasteiger partial charge >= 0.3 is 0 Å². The van der Waals surface area contributed by atoms with E-state index in [9.17, 15) is 29.8 Å². The van der Waals surface area contributed by atoms with Gasteiger partial charge in [0.25, 0.3) is 23.2 Å². The molecule has 1 unspecified atom stereocenters. The largest absolute Gasteiger partial charge is 0.331 e. The van der Waals surface area contributed by atoms with Crippen molar-refractivity contribution in [2.75, 3.05) is 0 Å². The summed E-state index contributed by atoms with van der Waals surface area (Å²) in [6, 6.07) is 27.1. The summed E-state index contributed by atoms with van der Waals surface area (Å²) in [6.45, 7) is -0.0892. The van der Waals surface area contributed by atoms with Crippen molar-refractivity contribution >= 4 is 62.8 Å². The predicted octanol–water partition coefficient (Wildman–Crippen LogP) is 5.96. The molecule has 1 aliphatic rings. The molecule has 1 saturated heterocycles. The summed E-state index contributed by atoms with van der Waals surface area (Å²) in [5.41, 5.74) is 5.01. The molecule has 208 valence electrons. The van der Waals surface area contributed by atoms with E-state index in [1.54, 1.807) is 12.1 Å². The SMILES string of the molecule is O=C(Cn1c2ccccc2c2ccccc21)NN1C(=O)/C(=C/c2cccc([N+](=O)[O-])c2)SC1c1cccc([N+](=O)[O-])c1. The molecule has 5 aromatic rings. The van der Waals surface area contributed by atoms with E-state index in [1.807, 2.05) is 53.1 Å². The fraction of sp³-hybridized carbons (Fsp3) is 0.0667. The third-order valence-corrected chi connectivity index (χ3v) is 8.13. The van der Waals surface area contributed by atoms with Crippen LogP contribution in [0.15, 0.2) is 102 Å². The Balaban J connectivity index is 1.35. The Bertz CT molecular complexity index is 1900. The number of carbonyl (C=O) groups is 2. The molecule has 1 aromatic heterocycles. The van der Waals surface area contributed by atoms with Crippen LogP contribution in [-0.4, -0.2) is 31.2 Å². The number of thioether (sulfide) groups is 1. The van der Waals surface area contributed by atoms with Crippen LogP contribution in [0.25, 0.3) is 27.9 Å². The predicted molar refractivity (Wildman–Crippen MR) is 159 cm³/mol. The molecule has 1 N–H and O–H groups in total. The van der Waals surface area contributed by atoms with Crippen LogP contribution in [0.3, 0.4) is 0 Å². The minimum absolute atomic E-state index is 0.0892. The number of nitro benzene ring substituents is 2. The van der Waals surface area contributed by atoms with E-state index >= 15 is 0 Å². The number of nitrogens with one attached hydrogen (secondary N) is 1. The number of para-hydroxylation sites is 2. The number of nitro groups is 2. The molecule has 0 saturated carbocycles. The van der Waals surface area contributed by atoms with Crippen LogP contribution >= 0.6 is 11.8 Å². The van der Waals surface area contributed by atoms with Crippen molar-refractivity contribution in [2.45, 2.75) is 11.9 Å². The van der Waals surface area contributed by atoms with Crippen LogP contribution in [0.1, 0.15) is 16.5 Å². The zero-order valence-corrected chi connectivity index (χ0v) is 22.6. The summed E-state index contributed by atoms with van der Waals surface area (Å²) >= 11 is 1.09. The molecular formula is C30H21N5O6S. The van der Waals surface area contributed by atoms with Gasteiger partial charge in [-0.15, -0.1) is 0 Å². The number of hydrogen-bond donors (Lipinski definition) is 1. The summed E-state index contributed by atoms with van der Waals surface area (Å²) in [5, 5.41) is 25.0. The van der Waals surface area contributed by atoms with Gasteiger partial charge in [-0.25, -0.2) is 5.01 Å². The summed E-state index contributed by atoms with van der Waals surface area (Å²) in [5.74, 6) is -1.01. The monoisotopic (exact) mass is 579 g/mol. The first kappa shape index (κ1) is 26.7. The molecule has 1 fully saturated rings. The number of benzene rings is 4. The Labute approximate surface area is 242 Å². The highest BCUT2D eigenvalue weighted by molar-refractivity contribution is 8.04. The average Bonchev–Trinajstić information content (AvgIpc) is 3.47. The number of hydrazine groups is 1. The lowest BCUT2D eigenvalue weighted by molar-refractivity contribution is -0.385. The van der Waals surface area contributed by atoms with Gasteiger partial charge in [0, 0.05) is 46.1 Å². The molecule has 2 amide bonds. The Morgan fingerprint density at radius 2 is 1.43 bits per heavy atom. The summed E-state index contributed by atoms with van der Waals surface area (Å²) in [7, 11) is 0. The first-order valence-electron chi connectivity index (χ1n) is 12.8. The van der Waals surface area contributed by atoms with Crippen molar-refractivity contribution in [3.05, 3.63) is 133 Å². The molecule has 1 aliphatic heterocycles. The highest BCUT2D eigenvalue weighted by Crippen LogP contribution is 2.46.